The Kier molecular flexibility index (Phi) is 5.48. The van der Waals surface area contributed by atoms with Gasteiger partial charge in [-0.25, -0.2) is 13.2 Å². The molecule has 1 aromatic carbocycles. The van der Waals surface area contributed by atoms with Crippen LogP contribution in [-0.2, 0) is 19.4 Å². The van der Waals surface area contributed by atoms with Crippen LogP contribution in [0.1, 0.15) is 29.7 Å². The van der Waals surface area contributed by atoms with Crippen LogP contribution >= 0.6 is 0 Å². The van der Waals surface area contributed by atoms with Gasteiger partial charge in [-0.1, -0.05) is 25.1 Å². The van der Waals surface area contributed by atoms with Gasteiger partial charge in [0.05, 0.1) is 0 Å². The lowest BCUT2D eigenvalue weighted by molar-refractivity contribution is -0.141. The SMILES string of the molecule is CCS(=O)(=O)CC(=O)NC(C(=O)O)c1cccc(C)c1C. The van der Waals surface area contributed by atoms with Gasteiger partial charge in [-0.05, 0) is 30.5 Å². The third-order valence-corrected chi connectivity index (χ3v) is 4.88. The van der Waals surface area contributed by atoms with Crippen LogP contribution in [0.3, 0.4) is 0 Å². The highest BCUT2D eigenvalue weighted by atomic mass is 32.2. The third-order valence-electron chi connectivity index (χ3n) is 3.30. The molecule has 0 spiro atoms. The molecule has 1 rings (SSSR count). The Morgan fingerprint density at radius 3 is 2.43 bits per heavy atom. The summed E-state index contributed by atoms with van der Waals surface area (Å²) in [6, 6.07) is 3.88. The van der Waals surface area contributed by atoms with Gasteiger partial charge in [0.15, 0.2) is 15.9 Å². The van der Waals surface area contributed by atoms with Crippen molar-refractivity contribution in [2.45, 2.75) is 26.8 Å². The highest BCUT2D eigenvalue weighted by Gasteiger charge is 2.25. The van der Waals surface area contributed by atoms with Gasteiger partial charge in [-0.3, -0.25) is 4.79 Å². The second-order valence-electron chi connectivity index (χ2n) is 4.80. The molecule has 0 aromatic heterocycles. The van der Waals surface area contributed by atoms with E-state index in [1.807, 2.05) is 13.0 Å². The number of carboxylic acid groups (broad SMARTS) is 1. The summed E-state index contributed by atoms with van der Waals surface area (Å²) in [7, 11) is -3.50. The Balaban J connectivity index is 3.02. The maximum Gasteiger partial charge on any atom is 0.330 e. The summed E-state index contributed by atoms with van der Waals surface area (Å²) in [5.41, 5.74) is 2.10. The molecule has 0 fully saturated rings. The number of amides is 1. The Morgan fingerprint density at radius 1 is 1.29 bits per heavy atom. The van der Waals surface area contributed by atoms with Crippen LogP contribution in [0.5, 0.6) is 0 Å². The highest BCUT2D eigenvalue weighted by molar-refractivity contribution is 7.92. The molecule has 1 atom stereocenters. The molecular weight excluding hydrogens is 294 g/mol. The molecular formula is C14H19NO5S. The molecule has 1 amide bonds. The van der Waals surface area contributed by atoms with E-state index in [1.54, 1.807) is 19.1 Å². The number of carboxylic acids is 1. The van der Waals surface area contributed by atoms with E-state index >= 15 is 0 Å². The summed E-state index contributed by atoms with van der Waals surface area (Å²) in [6.45, 7) is 5.03. The Hall–Kier alpha value is -1.89. The Morgan fingerprint density at radius 2 is 1.90 bits per heavy atom. The number of aliphatic carboxylic acids is 1. The monoisotopic (exact) mass is 313 g/mol. The summed E-state index contributed by atoms with van der Waals surface area (Å²) in [5, 5.41) is 11.6. The lowest BCUT2D eigenvalue weighted by atomic mass is 9.97. The lowest BCUT2D eigenvalue weighted by Crippen LogP contribution is -2.38. The first-order valence-corrected chi connectivity index (χ1v) is 8.28. The first-order valence-electron chi connectivity index (χ1n) is 6.46. The maximum atomic E-state index is 11.7. The van der Waals surface area contributed by atoms with Crippen LogP contribution in [-0.4, -0.2) is 36.9 Å². The molecule has 7 heteroatoms. The van der Waals surface area contributed by atoms with Crippen LogP contribution in [0.25, 0.3) is 0 Å². The Labute approximate surface area is 124 Å². The minimum atomic E-state index is -3.50. The van der Waals surface area contributed by atoms with Crippen molar-refractivity contribution in [3.8, 4) is 0 Å². The van der Waals surface area contributed by atoms with Crippen molar-refractivity contribution in [2.75, 3.05) is 11.5 Å². The number of hydrogen-bond acceptors (Lipinski definition) is 4. The average molecular weight is 313 g/mol. The van der Waals surface area contributed by atoms with Gasteiger partial charge in [0.25, 0.3) is 0 Å². The molecule has 0 heterocycles. The summed E-state index contributed by atoms with van der Waals surface area (Å²) in [4.78, 5) is 23.1. The number of carbonyl (C=O) groups is 2. The predicted molar refractivity (Wildman–Crippen MR) is 78.8 cm³/mol. The zero-order chi connectivity index (χ0) is 16.2. The van der Waals surface area contributed by atoms with Crippen molar-refractivity contribution in [1.29, 1.82) is 0 Å². The fourth-order valence-corrected chi connectivity index (χ4v) is 2.55. The van der Waals surface area contributed by atoms with E-state index in [-0.39, 0.29) is 5.75 Å². The van der Waals surface area contributed by atoms with Crippen LogP contribution in [0.2, 0.25) is 0 Å². The van der Waals surface area contributed by atoms with E-state index in [0.717, 1.165) is 11.1 Å². The predicted octanol–water partition coefficient (Wildman–Crippen LogP) is 0.980. The Bertz CT molecular complexity index is 651. The molecule has 116 valence electrons. The molecule has 1 unspecified atom stereocenters. The van der Waals surface area contributed by atoms with Crippen LogP contribution in [0, 0.1) is 13.8 Å². The van der Waals surface area contributed by atoms with Crippen molar-refractivity contribution in [3.63, 3.8) is 0 Å². The first kappa shape index (κ1) is 17.2. The first-order chi connectivity index (χ1) is 9.68. The molecule has 0 saturated heterocycles. The molecule has 21 heavy (non-hydrogen) atoms. The molecule has 0 bridgehead atoms. The fraction of sp³-hybridized carbons (Fsp3) is 0.429. The molecule has 1 aromatic rings. The zero-order valence-corrected chi connectivity index (χ0v) is 13.0. The van der Waals surface area contributed by atoms with Crippen LogP contribution in [0.15, 0.2) is 18.2 Å². The standard InChI is InChI=1S/C14H19NO5S/c1-4-21(19,20)8-12(16)15-13(14(17)18)11-7-5-6-9(2)10(11)3/h5-7,13H,4,8H2,1-3H3,(H,15,16)(H,17,18). The third kappa shape index (κ3) is 4.56. The number of aryl methyl sites for hydroxylation is 1. The summed E-state index contributed by atoms with van der Waals surface area (Å²) in [6.07, 6.45) is 0. The number of hydrogen-bond donors (Lipinski definition) is 2. The highest BCUT2D eigenvalue weighted by Crippen LogP contribution is 2.20. The number of nitrogens with one attached hydrogen (secondary N) is 1. The quantitative estimate of drug-likeness (QED) is 0.815. The normalized spacial score (nSPS) is 12.7. The van der Waals surface area contributed by atoms with E-state index < -0.39 is 33.5 Å². The second-order valence-corrected chi connectivity index (χ2v) is 7.16. The topological polar surface area (TPSA) is 101 Å². The van der Waals surface area contributed by atoms with Crippen molar-refractivity contribution < 1.29 is 23.1 Å². The van der Waals surface area contributed by atoms with Gasteiger partial charge in [-0.15, -0.1) is 0 Å². The van der Waals surface area contributed by atoms with Gasteiger partial charge in [0.2, 0.25) is 5.91 Å². The summed E-state index contributed by atoms with van der Waals surface area (Å²) < 4.78 is 22.8. The number of sulfone groups is 1. The van der Waals surface area contributed by atoms with Crippen LogP contribution in [0.4, 0.5) is 0 Å². The van der Waals surface area contributed by atoms with Gasteiger partial charge in [0.1, 0.15) is 5.75 Å². The zero-order valence-electron chi connectivity index (χ0n) is 12.2. The van der Waals surface area contributed by atoms with E-state index in [9.17, 15) is 23.1 Å². The number of rotatable bonds is 6. The van der Waals surface area contributed by atoms with Gasteiger partial charge < -0.3 is 10.4 Å². The van der Waals surface area contributed by atoms with Gasteiger partial charge in [-0.2, -0.15) is 0 Å². The fourth-order valence-electron chi connectivity index (χ4n) is 1.86. The largest absolute Gasteiger partial charge is 0.479 e. The van der Waals surface area contributed by atoms with E-state index in [1.165, 1.54) is 6.92 Å². The molecule has 0 radical (unpaired) electrons. The summed E-state index contributed by atoms with van der Waals surface area (Å²) >= 11 is 0. The molecule has 6 nitrogen and oxygen atoms in total. The average Bonchev–Trinajstić information content (AvgIpc) is 2.39. The molecule has 2 N–H and O–H groups in total. The molecule has 0 aliphatic rings. The van der Waals surface area contributed by atoms with E-state index in [2.05, 4.69) is 5.32 Å². The van der Waals surface area contributed by atoms with Crippen molar-refractivity contribution in [1.82, 2.24) is 5.32 Å². The van der Waals surface area contributed by atoms with E-state index in [4.69, 9.17) is 0 Å². The number of carbonyl (C=O) groups excluding carboxylic acids is 1. The summed E-state index contributed by atoms with van der Waals surface area (Å²) in [5.74, 6) is -2.92. The second kappa shape index (κ2) is 6.71. The maximum absolute atomic E-state index is 11.7. The van der Waals surface area contributed by atoms with Gasteiger partial charge in [0, 0.05) is 5.75 Å². The van der Waals surface area contributed by atoms with Crippen LogP contribution < -0.4 is 5.32 Å². The minimum Gasteiger partial charge on any atom is -0.479 e. The molecule has 0 aliphatic carbocycles. The minimum absolute atomic E-state index is 0.165. The van der Waals surface area contributed by atoms with Crippen molar-refractivity contribution in [3.05, 3.63) is 34.9 Å². The van der Waals surface area contributed by atoms with E-state index in [0.29, 0.717) is 5.56 Å². The molecule has 0 aliphatic heterocycles. The number of benzene rings is 1. The smallest absolute Gasteiger partial charge is 0.330 e. The van der Waals surface area contributed by atoms with Crippen molar-refractivity contribution in [2.24, 2.45) is 0 Å². The van der Waals surface area contributed by atoms with Crippen molar-refractivity contribution >= 4 is 21.7 Å². The lowest BCUT2D eigenvalue weighted by Gasteiger charge is -2.18. The van der Waals surface area contributed by atoms with Gasteiger partial charge >= 0.3 is 5.97 Å². The molecule has 0 saturated carbocycles.